The van der Waals surface area contributed by atoms with E-state index in [0.29, 0.717) is 11.1 Å². The lowest BCUT2D eigenvalue weighted by Crippen LogP contribution is -2.51. The van der Waals surface area contributed by atoms with Crippen molar-refractivity contribution in [2.75, 3.05) is 0 Å². The van der Waals surface area contributed by atoms with Crippen LogP contribution in [0.25, 0.3) is 0 Å². The Kier molecular flexibility index (Phi) is 5.65. The number of aliphatic hydroxyl groups is 1. The van der Waals surface area contributed by atoms with Crippen LogP contribution in [0.15, 0.2) is 60.7 Å². The maximum Gasteiger partial charge on any atom is 0.338 e. The quantitative estimate of drug-likeness (QED) is 0.848. The third kappa shape index (κ3) is 4.28. The Balaban J connectivity index is 1.74. The lowest BCUT2D eigenvalue weighted by molar-refractivity contribution is -0.226. The molecule has 0 bridgehead atoms. The number of esters is 2. The van der Waals surface area contributed by atoms with Crippen molar-refractivity contribution in [1.82, 2.24) is 0 Å². The van der Waals surface area contributed by atoms with E-state index in [1.807, 2.05) is 0 Å². The van der Waals surface area contributed by atoms with Crippen molar-refractivity contribution in [2.45, 2.75) is 37.9 Å². The third-order valence-corrected chi connectivity index (χ3v) is 4.16. The maximum atomic E-state index is 12.4. The van der Waals surface area contributed by atoms with E-state index in [0.717, 1.165) is 0 Å². The molecular formula is C20H20O6. The predicted octanol–water partition coefficient (Wildman–Crippen LogP) is 2.56. The molecule has 1 N–H and O–H groups in total. The monoisotopic (exact) mass is 356 g/mol. The van der Waals surface area contributed by atoms with Gasteiger partial charge >= 0.3 is 11.9 Å². The van der Waals surface area contributed by atoms with Crippen LogP contribution in [0.3, 0.4) is 0 Å². The molecular weight excluding hydrogens is 336 g/mol. The summed E-state index contributed by atoms with van der Waals surface area (Å²) in [5.41, 5.74) is 0.772. The van der Waals surface area contributed by atoms with Gasteiger partial charge in [0.25, 0.3) is 0 Å². The van der Waals surface area contributed by atoms with Gasteiger partial charge in [0.15, 0.2) is 12.4 Å². The summed E-state index contributed by atoms with van der Waals surface area (Å²) in [4.78, 5) is 24.7. The minimum atomic E-state index is -1.09. The molecule has 1 heterocycles. The summed E-state index contributed by atoms with van der Waals surface area (Å²) in [6.45, 7) is 1.66. The second-order valence-electron chi connectivity index (χ2n) is 6.08. The molecule has 136 valence electrons. The van der Waals surface area contributed by atoms with E-state index in [2.05, 4.69) is 0 Å². The van der Waals surface area contributed by atoms with Crippen molar-refractivity contribution in [1.29, 1.82) is 0 Å². The van der Waals surface area contributed by atoms with Gasteiger partial charge in [-0.25, -0.2) is 9.59 Å². The Morgan fingerprint density at radius 3 is 1.96 bits per heavy atom. The molecule has 0 aliphatic carbocycles. The molecule has 1 saturated heterocycles. The highest BCUT2D eigenvalue weighted by Gasteiger charge is 2.41. The van der Waals surface area contributed by atoms with Gasteiger partial charge in [-0.2, -0.15) is 0 Å². The molecule has 0 radical (unpaired) electrons. The first-order valence-electron chi connectivity index (χ1n) is 8.40. The summed E-state index contributed by atoms with van der Waals surface area (Å²) in [6, 6.07) is 17.0. The van der Waals surface area contributed by atoms with E-state index >= 15 is 0 Å². The third-order valence-electron chi connectivity index (χ3n) is 4.16. The molecule has 6 nitrogen and oxygen atoms in total. The van der Waals surface area contributed by atoms with Gasteiger partial charge in [0.05, 0.1) is 17.2 Å². The number of carbonyl (C=O) groups excluding carboxylic acids is 2. The fourth-order valence-electron chi connectivity index (χ4n) is 2.85. The van der Waals surface area contributed by atoms with Gasteiger partial charge in [-0.05, 0) is 31.2 Å². The van der Waals surface area contributed by atoms with Crippen molar-refractivity contribution >= 4 is 11.9 Å². The fraction of sp³-hybridized carbons (Fsp3) is 0.300. The molecule has 1 aliphatic rings. The summed E-state index contributed by atoms with van der Waals surface area (Å²) in [5.74, 6) is -1.08. The summed E-state index contributed by atoms with van der Waals surface area (Å²) >= 11 is 0. The van der Waals surface area contributed by atoms with Crippen molar-refractivity contribution in [3.05, 3.63) is 71.8 Å². The van der Waals surface area contributed by atoms with Crippen molar-refractivity contribution < 1.29 is 28.9 Å². The predicted molar refractivity (Wildman–Crippen MR) is 92.5 cm³/mol. The molecule has 1 fully saturated rings. The molecule has 1 aliphatic heterocycles. The normalized spacial score (nSPS) is 25.3. The van der Waals surface area contributed by atoms with Gasteiger partial charge in [-0.15, -0.1) is 0 Å². The number of hydrogen-bond acceptors (Lipinski definition) is 6. The first-order chi connectivity index (χ1) is 12.5. The second-order valence-corrected chi connectivity index (χ2v) is 6.08. The van der Waals surface area contributed by atoms with Crippen LogP contribution >= 0.6 is 0 Å². The van der Waals surface area contributed by atoms with Gasteiger partial charge in [-0.3, -0.25) is 0 Å². The highest BCUT2D eigenvalue weighted by Crippen LogP contribution is 2.26. The molecule has 2 aromatic carbocycles. The Hall–Kier alpha value is -2.70. The van der Waals surface area contributed by atoms with Crippen molar-refractivity contribution in [3.63, 3.8) is 0 Å². The van der Waals surface area contributed by atoms with E-state index in [-0.39, 0.29) is 6.42 Å². The Labute approximate surface area is 151 Å². The number of aliphatic hydroxyl groups excluding tert-OH is 1. The Bertz CT molecular complexity index is 745. The molecule has 4 atom stereocenters. The molecule has 3 rings (SSSR count). The average molecular weight is 356 g/mol. The highest BCUT2D eigenvalue weighted by molar-refractivity contribution is 5.90. The maximum absolute atomic E-state index is 12.4. The van der Waals surface area contributed by atoms with Gasteiger partial charge in [0.2, 0.25) is 0 Å². The number of hydrogen-bond donors (Lipinski definition) is 1. The number of carbonyl (C=O) groups is 2. The molecule has 26 heavy (non-hydrogen) atoms. The Morgan fingerprint density at radius 1 is 0.923 bits per heavy atom. The van der Waals surface area contributed by atoms with Crippen molar-refractivity contribution in [2.24, 2.45) is 0 Å². The second kappa shape index (κ2) is 8.12. The molecule has 2 aromatic rings. The van der Waals surface area contributed by atoms with E-state index < -0.39 is 36.5 Å². The van der Waals surface area contributed by atoms with E-state index in [1.165, 1.54) is 0 Å². The number of benzene rings is 2. The van der Waals surface area contributed by atoms with Crippen LogP contribution in [-0.4, -0.2) is 41.6 Å². The first kappa shape index (κ1) is 18.1. The lowest BCUT2D eigenvalue weighted by Gasteiger charge is -2.37. The molecule has 0 spiro atoms. The summed E-state index contributed by atoms with van der Waals surface area (Å²) in [5, 5.41) is 9.85. The number of ether oxygens (including phenoxy) is 3. The first-order valence-corrected chi connectivity index (χ1v) is 8.40. The topological polar surface area (TPSA) is 82.1 Å². The zero-order chi connectivity index (χ0) is 18.5. The average Bonchev–Trinajstić information content (AvgIpc) is 2.65. The van der Waals surface area contributed by atoms with E-state index in [1.54, 1.807) is 67.6 Å². The largest absolute Gasteiger partial charge is 0.455 e. The van der Waals surface area contributed by atoms with Crippen LogP contribution in [0.4, 0.5) is 0 Å². The zero-order valence-electron chi connectivity index (χ0n) is 14.3. The summed E-state index contributed by atoms with van der Waals surface area (Å²) in [7, 11) is 0. The van der Waals surface area contributed by atoms with Crippen LogP contribution in [-0.2, 0) is 14.2 Å². The van der Waals surface area contributed by atoms with Gasteiger partial charge in [0.1, 0.15) is 6.10 Å². The molecule has 0 amide bonds. The van der Waals surface area contributed by atoms with Crippen LogP contribution in [0, 0.1) is 0 Å². The minimum absolute atomic E-state index is 0.0235. The highest BCUT2D eigenvalue weighted by atomic mass is 16.7. The van der Waals surface area contributed by atoms with Gasteiger partial charge in [-0.1, -0.05) is 36.4 Å². The zero-order valence-corrected chi connectivity index (χ0v) is 14.3. The van der Waals surface area contributed by atoms with Crippen LogP contribution in [0.2, 0.25) is 0 Å². The van der Waals surface area contributed by atoms with Gasteiger partial charge < -0.3 is 19.3 Å². The SMILES string of the molecule is C[C@H]1OC(O)C[C@H](OC(=O)c2ccccc2)[C@@H]1OC(=O)c1ccccc1. The van der Waals surface area contributed by atoms with Crippen molar-refractivity contribution in [3.8, 4) is 0 Å². The summed E-state index contributed by atoms with van der Waals surface area (Å²) in [6.07, 6.45) is -3.33. The standard InChI is InChI=1S/C20H20O6/c1-13-18(26-20(23)15-10-6-3-7-11-15)16(12-17(21)24-13)25-19(22)14-8-4-2-5-9-14/h2-11,13,16-18,21H,12H2,1H3/t13-,16+,17?,18-/m1/s1. The molecule has 0 aromatic heterocycles. The molecule has 0 saturated carbocycles. The van der Waals surface area contributed by atoms with Crippen LogP contribution in [0.5, 0.6) is 0 Å². The Morgan fingerprint density at radius 2 is 1.42 bits per heavy atom. The van der Waals surface area contributed by atoms with Gasteiger partial charge in [0, 0.05) is 6.42 Å². The molecule has 6 heteroatoms. The summed E-state index contributed by atoms with van der Waals surface area (Å²) < 4.78 is 16.4. The minimum Gasteiger partial charge on any atom is -0.455 e. The smallest absolute Gasteiger partial charge is 0.338 e. The lowest BCUT2D eigenvalue weighted by atomic mass is 10.0. The molecule has 1 unspecified atom stereocenters. The fourth-order valence-corrected chi connectivity index (χ4v) is 2.85. The van der Waals surface area contributed by atoms with Crippen LogP contribution < -0.4 is 0 Å². The number of rotatable bonds is 4. The van der Waals surface area contributed by atoms with Crippen LogP contribution in [0.1, 0.15) is 34.1 Å². The van der Waals surface area contributed by atoms with E-state index in [9.17, 15) is 14.7 Å². The van der Waals surface area contributed by atoms with E-state index in [4.69, 9.17) is 14.2 Å².